The van der Waals surface area contributed by atoms with E-state index in [1.807, 2.05) is 0 Å². The first-order valence-corrected chi connectivity index (χ1v) is 6.93. The van der Waals surface area contributed by atoms with Crippen LogP contribution in [0.2, 0.25) is 10.0 Å². The summed E-state index contributed by atoms with van der Waals surface area (Å²) < 4.78 is 0.877. The van der Waals surface area contributed by atoms with Crippen LogP contribution in [0.1, 0.15) is 9.67 Å². The molecule has 6 heteroatoms. The predicted molar refractivity (Wildman–Crippen MR) is 79.2 cm³/mol. The molecular formula is C12H8Cl3NOS. The molecule has 1 aromatic heterocycles. The number of benzene rings is 1. The van der Waals surface area contributed by atoms with Crippen LogP contribution in [-0.2, 0) is 0 Å². The van der Waals surface area contributed by atoms with Gasteiger partial charge in [0, 0.05) is 20.1 Å². The van der Waals surface area contributed by atoms with Crippen LogP contribution in [0.25, 0.3) is 10.1 Å². The van der Waals surface area contributed by atoms with E-state index in [2.05, 4.69) is 11.9 Å². The minimum atomic E-state index is -0.265. The Hall–Kier alpha value is -0.740. The second kappa shape index (κ2) is 5.49. The average molecular weight is 321 g/mol. The third kappa shape index (κ3) is 2.81. The summed E-state index contributed by atoms with van der Waals surface area (Å²) >= 11 is 19.0. The molecule has 0 fully saturated rings. The standard InChI is InChI=1S/C12H8Cl3NOS/c1-6(13)5-16-12(17)11-10(15)8-3-2-7(14)4-9(8)18-11/h2-4H,1,5H2,(H,16,17). The number of hydrogen-bond acceptors (Lipinski definition) is 2. The second-order valence-corrected chi connectivity index (χ2v) is 5.99. The van der Waals surface area contributed by atoms with Gasteiger partial charge in [-0.25, -0.2) is 0 Å². The molecule has 2 aromatic rings. The summed E-state index contributed by atoms with van der Waals surface area (Å²) in [5, 5.41) is 4.87. The second-order valence-electron chi connectivity index (χ2n) is 3.59. The largest absolute Gasteiger partial charge is 0.346 e. The number of carbonyl (C=O) groups is 1. The van der Waals surface area contributed by atoms with Crippen LogP contribution >= 0.6 is 46.1 Å². The van der Waals surface area contributed by atoms with Crippen molar-refractivity contribution >= 4 is 62.1 Å². The smallest absolute Gasteiger partial charge is 0.263 e. The van der Waals surface area contributed by atoms with Gasteiger partial charge in [0.15, 0.2) is 0 Å². The zero-order valence-electron chi connectivity index (χ0n) is 9.10. The number of thiophene rings is 1. The molecule has 94 valence electrons. The van der Waals surface area contributed by atoms with Gasteiger partial charge in [-0.2, -0.15) is 0 Å². The molecule has 0 spiro atoms. The topological polar surface area (TPSA) is 29.1 Å². The molecule has 0 saturated carbocycles. The number of fused-ring (bicyclic) bond motifs is 1. The Morgan fingerprint density at radius 1 is 1.39 bits per heavy atom. The van der Waals surface area contributed by atoms with Gasteiger partial charge in [0.1, 0.15) is 4.88 Å². The lowest BCUT2D eigenvalue weighted by atomic mass is 10.2. The highest BCUT2D eigenvalue weighted by Gasteiger charge is 2.16. The van der Waals surface area contributed by atoms with Gasteiger partial charge in [0.25, 0.3) is 5.91 Å². The number of amides is 1. The van der Waals surface area contributed by atoms with E-state index in [9.17, 15) is 4.79 Å². The van der Waals surface area contributed by atoms with Gasteiger partial charge in [-0.1, -0.05) is 47.4 Å². The summed E-state index contributed by atoms with van der Waals surface area (Å²) in [5.74, 6) is -0.265. The van der Waals surface area contributed by atoms with Crippen molar-refractivity contribution < 1.29 is 4.79 Å². The molecule has 1 aromatic carbocycles. The summed E-state index contributed by atoms with van der Waals surface area (Å²) in [6.07, 6.45) is 0. The number of carbonyl (C=O) groups excluding carboxylic acids is 1. The molecule has 1 N–H and O–H groups in total. The normalized spacial score (nSPS) is 10.6. The molecule has 0 aliphatic rings. The number of hydrogen-bond donors (Lipinski definition) is 1. The first-order valence-electron chi connectivity index (χ1n) is 4.98. The molecule has 2 nitrogen and oxygen atoms in total. The molecule has 18 heavy (non-hydrogen) atoms. The highest BCUT2D eigenvalue weighted by molar-refractivity contribution is 7.21. The van der Waals surface area contributed by atoms with Crippen molar-refractivity contribution in [1.82, 2.24) is 5.32 Å². The quantitative estimate of drug-likeness (QED) is 0.873. The average Bonchev–Trinajstić information content (AvgIpc) is 2.63. The van der Waals surface area contributed by atoms with Crippen LogP contribution in [0, 0.1) is 0 Å². The van der Waals surface area contributed by atoms with Crippen LogP contribution in [0.4, 0.5) is 0 Å². The van der Waals surface area contributed by atoms with E-state index < -0.39 is 0 Å². The van der Waals surface area contributed by atoms with Crippen molar-refractivity contribution in [3.63, 3.8) is 0 Å². The van der Waals surface area contributed by atoms with Gasteiger partial charge in [-0.15, -0.1) is 11.3 Å². The first kappa shape index (κ1) is 13.7. The number of halogens is 3. The molecule has 2 rings (SSSR count). The van der Waals surface area contributed by atoms with E-state index in [1.54, 1.807) is 18.2 Å². The molecule has 0 atom stereocenters. The van der Waals surface area contributed by atoms with Crippen molar-refractivity contribution in [2.45, 2.75) is 0 Å². The molecule has 0 saturated heterocycles. The zero-order chi connectivity index (χ0) is 13.3. The Morgan fingerprint density at radius 2 is 2.11 bits per heavy atom. The number of nitrogens with one attached hydrogen (secondary N) is 1. The van der Waals surface area contributed by atoms with E-state index in [-0.39, 0.29) is 12.5 Å². The van der Waals surface area contributed by atoms with Gasteiger partial charge in [-0.3, -0.25) is 4.79 Å². The van der Waals surface area contributed by atoms with E-state index >= 15 is 0 Å². The molecule has 1 amide bonds. The summed E-state index contributed by atoms with van der Waals surface area (Å²) in [6.45, 7) is 3.72. The van der Waals surface area contributed by atoms with Gasteiger partial charge in [-0.05, 0) is 12.1 Å². The Labute approximate surface area is 123 Å². The van der Waals surface area contributed by atoms with Gasteiger partial charge in [0.05, 0.1) is 11.6 Å². The van der Waals surface area contributed by atoms with Crippen LogP contribution in [-0.4, -0.2) is 12.5 Å². The van der Waals surface area contributed by atoms with Gasteiger partial charge < -0.3 is 5.32 Å². The number of rotatable bonds is 3. The summed E-state index contributed by atoms with van der Waals surface area (Å²) in [6, 6.07) is 5.32. The first-order chi connectivity index (χ1) is 8.49. The van der Waals surface area contributed by atoms with E-state index in [1.165, 1.54) is 11.3 Å². The third-order valence-corrected chi connectivity index (χ3v) is 4.26. The van der Waals surface area contributed by atoms with Crippen molar-refractivity contribution in [3.8, 4) is 0 Å². The third-order valence-electron chi connectivity index (χ3n) is 2.24. The monoisotopic (exact) mass is 319 g/mol. The Balaban J connectivity index is 2.36. The maximum atomic E-state index is 11.9. The zero-order valence-corrected chi connectivity index (χ0v) is 12.2. The lowest BCUT2D eigenvalue weighted by molar-refractivity contribution is 0.0962. The van der Waals surface area contributed by atoms with Crippen molar-refractivity contribution in [1.29, 1.82) is 0 Å². The highest BCUT2D eigenvalue weighted by atomic mass is 35.5. The Morgan fingerprint density at radius 3 is 2.78 bits per heavy atom. The molecule has 0 bridgehead atoms. The Kier molecular flexibility index (Phi) is 4.17. The Bertz CT molecular complexity index is 636. The van der Waals surface area contributed by atoms with Crippen LogP contribution in [0.3, 0.4) is 0 Å². The fourth-order valence-corrected chi connectivity index (χ4v) is 3.22. The lowest BCUT2D eigenvalue weighted by Gasteiger charge is -2.01. The molecule has 0 unspecified atom stereocenters. The molecule has 1 heterocycles. The van der Waals surface area contributed by atoms with Crippen LogP contribution < -0.4 is 5.32 Å². The lowest BCUT2D eigenvalue weighted by Crippen LogP contribution is -2.23. The maximum absolute atomic E-state index is 11.9. The fraction of sp³-hybridized carbons (Fsp3) is 0.0833. The SMILES string of the molecule is C=C(Cl)CNC(=O)c1sc2cc(Cl)ccc2c1Cl. The van der Waals surface area contributed by atoms with Crippen molar-refractivity contribution in [3.05, 3.63) is 44.7 Å². The van der Waals surface area contributed by atoms with Crippen LogP contribution in [0.15, 0.2) is 29.8 Å². The summed E-state index contributed by atoms with van der Waals surface area (Å²) in [7, 11) is 0. The van der Waals surface area contributed by atoms with E-state index in [0.29, 0.717) is 20.0 Å². The van der Waals surface area contributed by atoms with Gasteiger partial charge >= 0.3 is 0 Å². The molecule has 0 aliphatic carbocycles. The molecular weight excluding hydrogens is 313 g/mol. The van der Waals surface area contributed by atoms with Crippen molar-refractivity contribution in [2.75, 3.05) is 6.54 Å². The molecule has 0 aliphatic heterocycles. The molecule has 0 radical (unpaired) electrons. The predicted octanol–water partition coefficient (Wildman–Crippen LogP) is 4.69. The van der Waals surface area contributed by atoms with Crippen LogP contribution in [0.5, 0.6) is 0 Å². The van der Waals surface area contributed by atoms with E-state index in [4.69, 9.17) is 34.8 Å². The highest BCUT2D eigenvalue weighted by Crippen LogP contribution is 2.36. The van der Waals surface area contributed by atoms with E-state index in [0.717, 1.165) is 10.1 Å². The minimum Gasteiger partial charge on any atom is -0.346 e. The maximum Gasteiger partial charge on any atom is 0.263 e. The summed E-state index contributed by atoms with van der Waals surface area (Å²) in [5.41, 5.74) is 0. The van der Waals surface area contributed by atoms with Gasteiger partial charge in [0.2, 0.25) is 0 Å². The fourth-order valence-electron chi connectivity index (χ4n) is 1.44. The minimum absolute atomic E-state index is 0.214. The van der Waals surface area contributed by atoms with Crippen molar-refractivity contribution in [2.24, 2.45) is 0 Å². The summed E-state index contributed by atoms with van der Waals surface area (Å²) in [4.78, 5) is 12.4.